The van der Waals surface area contributed by atoms with Gasteiger partial charge in [-0.3, -0.25) is 0 Å². The largest absolute Gasteiger partial charge is 0.490 e. The zero-order valence-electron chi connectivity index (χ0n) is 13.3. The minimum Gasteiger partial charge on any atom is -0.490 e. The third kappa shape index (κ3) is 3.13. The Bertz CT molecular complexity index is 657. The van der Waals surface area contributed by atoms with Crippen LogP contribution in [0.1, 0.15) is 13.8 Å². The van der Waals surface area contributed by atoms with Gasteiger partial charge in [0.1, 0.15) is 24.5 Å². The minimum absolute atomic E-state index is 0.575. The summed E-state index contributed by atoms with van der Waals surface area (Å²) >= 11 is 0. The summed E-state index contributed by atoms with van der Waals surface area (Å²) in [6.45, 7) is 6.88. The average Bonchev–Trinajstić information content (AvgIpc) is 2.53. The lowest BCUT2D eigenvalue weighted by molar-refractivity contribution is 0.311. The van der Waals surface area contributed by atoms with Crippen molar-refractivity contribution in [3.63, 3.8) is 0 Å². The molecule has 1 aliphatic rings. The number of hydrogen-bond acceptors (Lipinski definition) is 5. The zero-order chi connectivity index (χ0) is 15.5. The molecule has 2 aromatic rings. The van der Waals surface area contributed by atoms with E-state index < -0.39 is 0 Å². The molecule has 5 heteroatoms. The molecule has 0 unspecified atom stereocenters. The number of hydrogen-bond donors (Lipinski definition) is 1. The van der Waals surface area contributed by atoms with Crippen LogP contribution in [0.4, 0.5) is 11.5 Å². The Morgan fingerprint density at radius 3 is 2.95 bits per heavy atom. The average molecular weight is 298 g/mol. The number of ether oxygens (including phenoxy) is 1. The Labute approximate surface area is 131 Å². The fraction of sp³-hybridized carbons (Fsp3) is 0.412. The summed E-state index contributed by atoms with van der Waals surface area (Å²) in [4.78, 5) is 10.9. The van der Waals surface area contributed by atoms with Crippen LogP contribution < -0.4 is 15.0 Å². The maximum absolute atomic E-state index is 5.76. The van der Waals surface area contributed by atoms with Crippen LogP contribution in [-0.2, 0) is 0 Å². The number of benzene rings is 1. The van der Waals surface area contributed by atoms with E-state index in [1.807, 2.05) is 6.07 Å². The van der Waals surface area contributed by atoms with Crippen LogP contribution in [0.25, 0.3) is 11.3 Å². The molecule has 22 heavy (non-hydrogen) atoms. The van der Waals surface area contributed by atoms with Crippen LogP contribution in [0, 0.1) is 5.92 Å². The molecule has 5 nitrogen and oxygen atoms in total. The van der Waals surface area contributed by atoms with E-state index in [9.17, 15) is 0 Å². The summed E-state index contributed by atoms with van der Waals surface area (Å²) in [5.41, 5.74) is 3.08. The highest BCUT2D eigenvalue weighted by molar-refractivity contribution is 5.71. The number of rotatable bonds is 4. The van der Waals surface area contributed by atoms with Crippen LogP contribution in [-0.4, -0.2) is 36.7 Å². The Morgan fingerprint density at radius 1 is 1.27 bits per heavy atom. The molecule has 0 fully saturated rings. The van der Waals surface area contributed by atoms with Crippen molar-refractivity contribution in [2.45, 2.75) is 13.8 Å². The van der Waals surface area contributed by atoms with Crippen molar-refractivity contribution in [1.29, 1.82) is 0 Å². The lowest BCUT2D eigenvalue weighted by atomic mass is 10.1. The highest BCUT2D eigenvalue weighted by Gasteiger charge is 2.15. The molecule has 116 valence electrons. The van der Waals surface area contributed by atoms with Crippen LogP contribution >= 0.6 is 0 Å². The van der Waals surface area contributed by atoms with Crippen LogP contribution in [0.2, 0.25) is 0 Å². The Balaban J connectivity index is 1.86. The van der Waals surface area contributed by atoms with E-state index in [0.717, 1.165) is 48.2 Å². The Morgan fingerprint density at radius 2 is 2.14 bits per heavy atom. The number of anilines is 2. The molecule has 0 saturated carbocycles. The molecule has 3 rings (SSSR count). The van der Waals surface area contributed by atoms with Crippen molar-refractivity contribution >= 4 is 11.5 Å². The second-order valence-corrected chi connectivity index (χ2v) is 6.02. The first-order valence-corrected chi connectivity index (χ1v) is 7.68. The molecule has 0 bridgehead atoms. The van der Waals surface area contributed by atoms with Gasteiger partial charge in [0.05, 0.1) is 17.9 Å². The van der Waals surface area contributed by atoms with Crippen molar-refractivity contribution in [3.8, 4) is 17.0 Å². The normalized spacial score (nSPS) is 13.7. The molecular formula is C17H22N4O. The predicted molar refractivity (Wildman–Crippen MR) is 89.6 cm³/mol. The highest BCUT2D eigenvalue weighted by atomic mass is 16.5. The van der Waals surface area contributed by atoms with Crippen molar-refractivity contribution in [2.24, 2.45) is 5.92 Å². The van der Waals surface area contributed by atoms with Gasteiger partial charge in [-0.2, -0.15) is 0 Å². The summed E-state index contributed by atoms with van der Waals surface area (Å²) in [5.74, 6) is 2.35. The maximum Gasteiger partial charge on any atom is 0.143 e. The zero-order valence-corrected chi connectivity index (χ0v) is 13.3. The summed E-state index contributed by atoms with van der Waals surface area (Å²) in [6, 6.07) is 8.21. The van der Waals surface area contributed by atoms with Crippen LogP contribution in [0.15, 0.2) is 30.6 Å². The first-order valence-electron chi connectivity index (χ1n) is 7.68. The molecule has 0 amide bonds. The van der Waals surface area contributed by atoms with Crippen molar-refractivity contribution in [3.05, 3.63) is 30.6 Å². The second kappa shape index (κ2) is 6.22. The van der Waals surface area contributed by atoms with Crippen molar-refractivity contribution in [2.75, 3.05) is 37.0 Å². The molecule has 2 heterocycles. The van der Waals surface area contributed by atoms with Crippen LogP contribution in [0.5, 0.6) is 5.75 Å². The summed E-state index contributed by atoms with van der Waals surface area (Å²) < 4.78 is 5.76. The van der Waals surface area contributed by atoms with E-state index in [1.54, 1.807) is 6.33 Å². The quantitative estimate of drug-likeness (QED) is 0.940. The van der Waals surface area contributed by atoms with Crippen molar-refractivity contribution < 1.29 is 4.74 Å². The van der Waals surface area contributed by atoms with E-state index in [2.05, 4.69) is 59.3 Å². The summed E-state index contributed by atoms with van der Waals surface area (Å²) in [5, 5.41) is 3.33. The second-order valence-electron chi connectivity index (χ2n) is 6.02. The van der Waals surface area contributed by atoms with Gasteiger partial charge in [-0.05, 0) is 18.1 Å². The molecular weight excluding hydrogens is 276 g/mol. The van der Waals surface area contributed by atoms with Gasteiger partial charge in [-0.25, -0.2) is 9.97 Å². The first kappa shape index (κ1) is 14.6. The topological polar surface area (TPSA) is 50.3 Å². The smallest absolute Gasteiger partial charge is 0.143 e. The SMILES string of the molecule is CC(C)CNc1cc(-c2ccc3c(c2)OCCN3C)ncn1. The van der Waals surface area contributed by atoms with Gasteiger partial charge < -0.3 is 15.0 Å². The third-order valence-corrected chi connectivity index (χ3v) is 3.71. The van der Waals surface area contributed by atoms with Crippen molar-refractivity contribution in [1.82, 2.24) is 9.97 Å². The van der Waals surface area contributed by atoms with Crippen LogP contribution in [0.3, 0.4) is 0 Å². The monoisotopic (exact) mass is 298 g/mol. The molecule has 0 saturated heterocycles. The number of aromatic nitrogens is 2. The fourth-order valence-electron chi connectivity index (χ4n) is 2.44. The standard InChI is InChI=1S/C17H22N4O/c1-12(2)10-18-17-9-14(19-11-20-17)13-4-5-15-16(8-13)22-7-6-21(15)3/h4-5,8-9,11-12H,6-7,10H2,1-3H3,(H,18,19,20). The van der Waals surface area contributed by atoms with Gasteiger partial charge in [0.2, 0.25) is 0 Å². The number of nitrogens with zero attached hydrogens (tertiary/aromatic N) is 3. The predicted octanol–water partition coefficient (Wildman–Crippen LogP) is 3.04. The van der Waals surface area contributed by atoms with Gasteiger partial charge >= 0.3 is 0 Å². The molecule has 0 spiro atoms. The number of nitrogens with one attached hydrogen (secondary N) is 1. The Hall–Kier alpha value is -2.30. The van der Waals surface area contributed by atoms with Gasteiger partial charge in [-0.15, -0.1) is 0 Å². The van der Waals surface area contributed by atoms with E-state index in [0.29, 0.717) is 5.92 Å². The number of likely N-dealkylation sites (N-methyl/N-ethyl adjacent to an activating group) is 1. The molecule has 1 aromatic heterocycles. The highest BCUT2D eigenvalue weighted by Crippen LogP contribution is 2.34. The van der Waals surface area contributed by atoms with Gasteiger partial charge in [-0.1, -0.05) is 19.9 Å². The molecule has 0 radical (unpaired) electrons. The summed E-state index contributed by atoms with van der Waals surface area (Å²) in [6.07, 6.45) is 1.60. The lowest BCUT2D eigenvalue weighted by Crippen LogP contribution is -2.28. The molecule has 0 atom stereocenters. The molecule has 0 aliphatic carbocycles. The summed E-state index contributed by atoms with van der Waals surface area (Å²) in [7, 11) is 2.08. The maximum atomic E-state index is 5.76. The molecule has 1 N–H and O–H groups in total. The third-order valence-electron chi connectivity index (χ3n) is 3.71. The molecule has 1 aromatic carbocycles. The van der Waals surface area contributed by atoms with E-state index in [4.69, 9.17) is 4.74 Å². The first-order chi connectivity index (χ1) is 10.6. The molecule has 1 aliphatic heterocycles. The van der Waals surface area contributed by atoms with Gasteiger partial charge in [0.15, 0.2) is 0 Å². The van der Waals surface area contributed by atoms with Gasteiger partial charge in [0.25, 0.3) is 0 Å². The van der Waals surface area contributed by atoms with Gasteiger partial charge in [0, 0.05) is 25.2 Å². The fourth-order valence-corrected chi connectivity index (χ4v) is 2.44. The van der Waals surface area contributed by atoms with E-state index in [-0.39, 0.29) is 0 Å². The Kier molecular flexibility index (Phi) is 4.13. The lowest BCUT2D eigenvalue weighted by Gasteiger charge is -2.27. The van der Waals surface area contributed by atoms with E-state index >= 15 is 0 Å². The van der Waals surface area contributed by atoms with E-state index in [1.165, 1.54) is 0 Å². The number of fused-ring (bicyclic) bond motifs is 1. The minimum atomic E-state index is 0.575.